The Morgan fingerprint density at radius 1 is 0.917 bits per heavy atom. The van der Waals surface area contributed by atoms with Crippen LogP contribution in [0, 0.1) is 10.8 Å². The van der Waals surface area contributed by atoms with E-state index in [1.54, 1.807) is 20.8 Å². The summed E-state index contributed by atoms with van der Waals surface area (Å²) in [6.45, 7) is 11.2. The molecule has 0 aliphatic carbocycles. The van der Waals surface area contributed by atoms with Gasteiger partial charge in [0.25, 0.3) is 0 Å². The highest BCUT2D eigenvalue weighted by atomic mass is 16.6. The first-order valence-electron chi connectivity index (χ1n) is 8.02. The zero-order valence-corrected chi connectivity index (χ0v) is 15.6. The number of carbonyl (C=O) groups is 3. The smallest absolute Gasteiger partial charge is 0.313 e. The van der Waals surface area contributed by atoms with E-state index in [0.29, 0.717) is 6.42 Å². The van der Waals surface area contributed by atoms with Crippen molar-refractivity contribution in [3.63, 3.8) is 0 Å². The Hall–Kier alpha value is -1.63. The molecule has 0 aliphatic rings. The highest BCUT2D eigenvalue weighted by Gasteiger charge is 2.48. The SMILES string of the molecule is CC(C)(C)CC(C)(C(=O)OCCOC(=O)CCC(=O)O)C(C)(C)N. The van der Waals surface area contributed by atoms with Crippen LogP contribution in [0.5, 0.6) is 0 Å². The standard InChI is InChI=1S/C17H31NO6/c1-15(2,3)11-17(6,16(4,5)18)14(22)24-10-9-23-13(21)8-7-12(19)20/h7-11,18H2,1-6H3,(H,19,20). The average molecular weight is 345 g/mol. The van der Waals surface area contributed by atoms with Crippen molar-refractivity contribution < 1.29 is 29.0 Å². The van der Waals surface area contributed by atoms with Gasteiger partial charge in [0.1, 0.15) is 13.2 Å². The summed E-state index contributed by atoms with van der Waals surface area (Å²) in [5.41, 5.74) is 4.41. The van der Waals surface area contributed by atoms with Crippen molar-refractivity contribution in [3.8, 4) is 0 Å². The van der Waals surface area contributed by atoms with Gasteiger partial charge in [-0.2, -0.15) is 0 Å². The second-order valence-corrected chi connectivity index (χ2v) is 8.04. The van der Waals surface area contributed by atoms with E-state index in [0.717, 1.165) is 0 Å². The molecule has 24 heavy (non-hydrogen) atoms. The Balaban J connectivity index is 4.55. The van der Waals surface area contributed by atoms with E-state index in [2.05, 4.69) is 0 Å². The van der Waals surface area contributed by atoms with E-state index in [1.165, 1.54) is 0 Å². The van der Waals surface area contributed by atoms with Crippen LogP contribution in [0.15, 0.2) is 0 Å². The predicted molar refractivity (Wildman–Crippen MR) is 89.2 cm³/mol. The van der Waals surface area contributed by atoms with Crippen molar-refractivity contribution in [3.05, 3.63) is 0 Å². The third-order valence-corrected chi connectivity index (χ3v) is 3.88. The molecule has 0 rings (SSSR count). The molecule has 0 amide bonds. The van der Waals surface area contributed by atoms with Crippen molar-refractivity contribution >= 4 is 17.9 Å². The van der Waals surface area contributed by atoms with Gasteiger partial charge in [0.05, 0.1) is 18.3 Å². The lowest BCUT2D eigenvalue weighted by Crippen LogP contribution is -2.55. The number of hydrogen-bond donors (Lipinski definition) is 2. The van der Waals surface area contributed by atoms with Gasteiger partial charge in [-0.1, -0.05) is 20.8 Å². The summed E-state index contributed by atoms with van der Waals surface area (Å²) in [5.74, 6) is -2.14. The summed E-state index contributed by atoms with van der Waals surface area (Å²) in [5, 5.41) is 8.48. The van der Waals surface area contributed by atoms with Crippen LogP contribution < -0.4 is 5.73 Å². The largest absolute Gasteiger partial charge is 0.481 e. The number of rotatable bonds is 9. The first-order valence-corrected chi connectivity index (χ1v) is 8.02. The highest BCUT2D eigenvalue weighted by molar-refractivity contribution is 5.78. The van der Waals surface area contributed by atoms with Gasteiger partial charge in [-0.15, -0.1) is 0 Å². The first-order chi connectivity index (χ1) is 10.7. The molecule has 0 radical (unpaired) electrons. The summed E-state index contributed by atoms with van der Waals surface area (Å²) < 4.78 is 10.1. The molecule has 7 nitrogen and oxygen atoms in total. The van der Waals surface area contributed by atoms with Gasteiger partial charge in [-0.05, 0) is 32.6 Å². The summed E-state index contributed by atoms with van der Waals surface area (Å²) in [6.07, 6.45) is 0.0468. The van der Waals surface area contributed by atoms with Gasteiger partial charge in [0, 0.05) is 5.54 Å². The Morgan fingerprint density at radius 2 is 1.42 bits per heavy atom. The van der Waals surface area contributed by atoms with Gasteiger partial charge in [0.15, 0.2) is 0 Å². The normalized spacial score (nSPS) is 14.6. The molecule has 0 bridgehead atoms. The summed E-state index contributed by atoms with van der Waals surface area (Å²) in [6, 6.07) is 0. The third kappa shape index (κ3) is 7.77. The van der Waals surface area contributed by atoms with Crippen molar-refractivity contribution in [1.82, 2.24) is 0 Å². The summed E-state index contributed by atoms with van der Waals surface area (Å²) >= 11 is 0. The number of aliphatic carboxylic acids is 1. The van der Waals surface area contributed by atoms with Gasteiger partial charge in [-0.25, -0.2) is 0 Å². The molecule has 140 valence electrons. The maximum absolute atomic E-state index is 12.5. The Bertz CT molecular complexity index is 461. The van der Waals surface area contributed by atoms with Crippen LogP contribution in [-0.2, 0) is 23.9 Å². The number of nitrogens with two attached hydrogens (primary N) is 1. The van der Waals surface area contributed by atoms with Crippen molar-refractivity contribution in [1.29, 1.82) is 0 Å². The predicted octanol–water partition coefficient (Wildman–Crippen LogP) is 2.12. The van der Waals surface area contributed by atoms with Crippen LogP contribution >= 0.6 is 0 Å². The maximum atomic E-state index is 12.5. The fourth-order valence-corrected chi connectivity index (χ4v) is 2.35. The average Bonchev–Trinajstić information content (AvgIpc) is 2.37. The van der Waals surface area contributed by atoms with Gasteiger partial charge >= 0.3 is 17.9 Å². The topological polar surface area (TPSA) is 116 Å². The lowest BCUT2D eigenvalue weighted by molar-refractivity contribution is -0.165. The monoisotopic (exact) mass is 345 g/mol. The third-order valence-electron chi connectivity index (χ3n) is 3.88. The van der Waals surface area contributed by atoms with Crippen LogP contribution in [0.4, 0.5) is 0 Å². The van der Waals surface area contributed by atoms with Crippen molar-refractivity contribution in [2.75, 3.05) is 13.2 Å². The first kappa shape index (κ1) is 22.4. The minimum atomic E-state index is -1.07. The maximum Gasteiger partial charge on any atom is 0.313 e. The summed E-state index contributed by atoms with van der Waals surface area (Å²) in [4.78, 5) is 34.2. The van der Waals surface area contributed by atoms with E-state index >= 15 is 0 Å². The molecule has 0 saturated carbocycles. The van der Waals surface area contributed by atoms with E-state index in [4.69, 9.17) is 20.3 Å². The summed E-state index contributed by atoms with van der Waals surface area (Å²) in [7, 11) is 0. The second-order valence-electron chi connectivity index (χ2n) is 8.04. The number of ether oxygens (including phenoxy) is 2. The van der Waals surface area contributed by atoms with Crippen LogP contribution in [0.1, 0.15) is 60.8 Å². The molecule has 0 spiro atoms. The fraction of sp³-hybridized carbons (Fsp3) is 0.824. The molecule has 0 aromatic rings. The number of carboxylic acids is 1. The fourth-order valence-electron chi connectivity index (χ4n) is 2.35. The molecule has 0 fully saturated rings. The zero-order chi connectivity index (χ0) is 19.2. The Labute approximate surface area is 143 Å². The molecule has 0 saturated heterocycles. The highest BCUT2D eigenvalue weighted by Crippen LogP contribution is 2.41. The second kappa shape index (κ2) is 8.46. The minimum absolute atomic E-state index is 0.0898. The quantitative estimate of drug-likeness (QED) is 0.485. The van der Waals surface area contributed by atoms with E-state index in [9.17, 15) is 14.4 Å². The molecular formula is C17H31NO6. The molecule has 0 heterocycles. The minimum Gasteiger partial charge on any atom is -0.481 e. The Morgan fingerprint density at radius 3 is 1.83 bits per heavy atom. The number of carbonyl (C=O) groups excluding carboxylic acids is 2. The number of hydrogen-bond acceptors (Lipinski definition) is 6. The van der Waals surface area contributed by atoms with Crippen LogP contribution in [0.2, 0.25) is 0 Å². The zero-order valence-electron chi connectivity index (χ0n) is 15.6. The molecule has 0 aromatic carbocycles. The van der Waals surface area contributed by atoms with Gasteiger partial charge in [0.2, 0.25) is 0 Å². The molecule has 7 heteroatoms. The lowest BCUT2D eigenvalue weighted by Gasteiger charge is -2.43. The van der Waals surface area contributed by atoms with E-state index in [1.807, 2.05) is 20.8 Å². The molecule has 3 N–H and O–H groups in total. The molecule has 0 aromatic heterocycles. The van der Waals surface area contributed by atoms with E-state index < -0.39 is 28.9 Å². The van der Waals surface area contributed by atoms with E-state index in [-0.39, 0.29) is 31.5 Å². The van der Waals surface area contributed by atoms with Gasteiger partial charge in [-0.3, -0.25) is 14.4 Å². The van der Waals surface area contributed by atoms with Crippen LogP contribution in [0.25, 0.3) is 0 Å². The molecule has 0 aliphatic heterocycles. The molecular weight excluding hydrogens is 314 g/mol. The lowest BCUT2D eigenvalue weighted by atomic mass is 9.65. The number of carboxylic acid groups (broad SMARTS) is 1. The van der Waals surface area contributed by atoms with Crippen molar-refractivity contribution in [2.24, 2.45) is 16.6 Å². The van der Waals surface area contributed by atoms with Crippen molar-refractivity contribution in [2.45, 2.75) is 66.3 Å². The van der Waals surface area contributed by atoms with Gasteiger partial charge < -0.3 is 20.3 Å². The molecule has 1 atom stereocenters. The van der Waals surface area contributed by atoms with Crippen LogP contribution in [0.3, 0.4) is 0 Å². The Kier molecular flexibility index (Phi) is 7.89. The van der Waals surface area contributed by atoms with Crippen LogP contribution in [-0.4, -0.2) is 41.8 Å². The molecule has 1 unspecified atom stereocenters. The number of esters is 2.